The molecule has 0 aliphatic rings. The Morgan fingerprint density at radius 1 is 1.62 bits per heavy atom. The van der Waals surface area contributed by atoms with Gasteiger partial charge in [0.25, 0.3) is 0 Å². The molecule has 4 nitrogen and oxygen atoms in total. The van der Waals surface area contributed by atoms with E-state index in [0.717, 1.165) is 9.75 Å². The maximum absolute atomic E-state index is 11.2. The first-order valence-electron chi connectivity index (χ1n) is 5.02. The van der Waals surface area contributed by atoms with Crippen LogP contribution in [0.3, 0.4) is 0 Å². The van der Waals surface area contributed by atoms with E-state index in [2.05, 4.69) is 0 Å². The van der Waals surface area contributed by atoms with Gasteiger partial charge in [0.05, 0.1) is 0 Å². The Morgan fingerprint density at radius 3 is 2.56 bits per heavy atom. The van der Waals surface area contributed by atoms with E-state index in [1.807, 2.05) is 19.9 Å². The highest BCUT2D eigenvalue weighted by Crippen LogP contribution is 2.29. The topological polar surface area (TPSA) is 57.6 Å². The van der Waals surface area contributed by atoms with Gasteiger partial charge in [-0.1, -0.05) is 0 Å². The number of likely N-dealkylation sites (N-methyl/N-ethyl adjacent to an activating group) is 1. The predicted molar refractivity (Wildman–Crippen MR) is 62.6 cm³/mol. The second-order valence-corrected chi connectivity index (χ2v) is 5.01. The molecule has 1 N–H and O–H groups in total. The van der Waals surface area contributed by atoms with Gasteiger partial charge in [-0.25, -0.2) is 4.79 Å². The predicted octanol–water partition coefficient (Wildman–Crippen LogP) is 1.97. The number of carbonyl (C=O) groups excluding carboxylic acids is 1. The molecule has 16 heavy (non-hydrogen) atoms. The summed E-state index contributed by atoms with van der Waals surface area (Å²) in [5.41, 5.74) is 0.712. The number of aliphatic carboxylic acids is 1. The minimum atomic E-state index is -0.991. The summed E-state index contributed by atoms with van der Waals surface area (Å²) in [4.78, 5) is 25.4. The lowest BCUT2D eigenvalue weighted by Crippen LogP contribution is -2.33. The van der Waals surface area contributed by atoms with Crippen molar-refractivity contribution in [3.63, 3.8) is 0 Å². The van der Waals surface area contributed by atoms with Crippen LogP contribution in [0.4, 0.5) is 0 Å². The highest BCUT2D eigenvalue weighted by molar-refractivity contribution is 7.12. The minimum Gasteiger partial charge on any atom is -0.479 e. The Balaban J connectivity index is 3.16. The number of carbonyl (C=O) groups is 2. The van der Waals surface area contributed by atoms with Crippen molar-refractivity contribution in [3.8, 4) is 0 Å². The molecular formula is C11H15NO3S. The number of amides is 1. The zero-order valence-corrected chi connectivity index (χ0v) is 10.4. The van der Waals surface area contributed by atoms with Crippen molar-refractivity contribution in [2.24, 2.45) is 0 Å². The Hall–Kier alpha value is -1.36. The third-order valence-corrected chi connectivity index (χ3v) is 3.42. The molecule has 1 aromatic rings. The average Bonchev–Trinajstić information content (AvgIpc) is 2.53. The molecule has 0 aromatic carbocycles. The van der Waals surface area contributed by atoms with Gasteiger partial charge in [0.2, 0.25) is 6.41 Å². The molecule has 5 heteroatoms. The van der Waals surface area contributed by atoms with Crippen LogP contribution in [-0.4, -0.2) is 28.9 Å². The van der Waals surface area contributed by atoms with Crippen LogP contribution >= 0.6 is 11.3 Å². The van der Waals surface area contributed by atoms with Crippen molar-refractivity contribution in [1.82, 2.24) is 4.90 Å². The first-order chi connectivity index (χ1) is 7.51. The molecule has 1 unspecified atom stereocenters. The van der Waals surface area contributed by atoms with Crippen molar-refractivity contribution in [2.45, 2.75) is 26.8 Å². The van der Waals surface area contributed by atoms with Crippen molar-refractivity contribution in [3.05, 3.63) is 21.4 Å². The quantitative estimate of drug-likeness (QED) is 0.802. The molecule has 88 valence electrons. The minimum absolute atomic E-state index is 0.384. The van der Waals surface area contributed by atoms with Crippen LogP contribution in [0.15, 0.2) is 6.07 Å². The summed E-state index contributed by atoms with van der Waals surface area (Å²) in [6.45, 7) is 5.95. The van der Waals surface area contributed by atoms with Gasteiger partial charge in [-0.15, -0.1) is 11.3 Å². The Kier molecular flexibility index (Phi) is 4.06. The van der Waals surface area contributed by atoms with E-state index >= 15 is 0 Å². The number of hydrogen-bond donors (Lipinski definition) is 1. The van der Waals surface area contributed by atoms with Gasteiger partial charge in [0.15, 0.2) is 6.04 Å². The van der Waals surface area contributed by atoms with Crippen LogP contribution < -0.4 is 0 Å². The van der Waals surface area contributed by atoms with Crippen LogP contribution in [0.2, 0.25) is 0 Å². The fourth-order valence-corrected chi connectivity index (χ4v) is 2.65. The SMILES string of the molecule is CCN(C=O)C(C(=O)O)c1cc(C)sc1C. The Morgan fingerprint density at radius 2 is 2.25 bits per heavy atom. The number of rotatable bonds is 5. The summed E-state index contributed by atoms with van der Waals surface area (Å²) < 4.78 is 0. The molecule has 1 rings (SSSR count). The van der Waals surface area contributed by atoms with Gasteiger partial charge >= 0.3 is 5.97 Å². The molecule has 0 radical (unpaired) electrons. The van der Waals surface area contributed by atoms with Gasteiger partial charge in [-0.3, -0.25) is 4.79 Å². The van der Waals surface area contributed by atoms with Gasteiger partial charge in [0.1, 0.15) is 0 Å². The van der Waals surface area contributed by atoms with Crippen LogP contribution in [0.1, 0.15) is 28.3 Å². The fraction of sp³-hybridized carbons (Fsp3) is 0.455. The maximum Gasteiger partial charge on any atom is 0.331 e. The zero-order chi connectivity index (χ0) is 12.3. The lowest BCUT2D eigenvalue weighted by molar-refractivity contribution is -0.146. The molecule has 1 amide bonds. The highest BCUT2D eigenvalue weighted by atomic mass is 32.1. The zero-order valence-electron chi connectivity index (χ0n) is 9.56. The standard InChI is InChI=1S/C11H15NO3S/c1-4-12(6-13)10(11(14)15)9-5-7(2)16-8(9)3/h5-6,10H,4H2,1-3H3,(H,14,15). The lowest BCUT2D eigenvalue weighted by atomic mass is 10.1. The molecule has 0 aliphatic heterocycles. The van der Waals surface area contributed by atoms with Crippen molar-refractivity contribution < 1.29 is 14.7 Å². The van der Waals surface area contributed by atoms with E-state index in [-0.39, 0.29) is 0 Å². The second-order valence-electron chi connectivity index (χ2n) is 3.55. The van der Waals surface area contributed by atoms with Crippen LogP contribution in [0.5, 0.6) is 0 Å². The monoisotopic (exact) mass is 241 g/mol. The molecule has 0 spiro atoms. The summed E-state index contributed by atoms with van der Waals surface area (Å²) in [5, 5.41) is 9.20. The number of thiophene rings is 1. The molecule has 1 heterocycles. The summed E-state index contributed by atoms with van der Waals surface area (Å²) >= 11 is 1.55. The number of aryl methyl sites for hydroxylation is 2. The highest BCUT2D eigenvalue weighted by Gasteiger charge is 2.27. The molecular weight excluding hydrogens is 226 g/mol. The van der Waals surface area contributed by atoms with Crippen molar-refractivity contribution in [1.29, 1.82) is 0 Å². The van der Waals surface area contributed by atoms with Gasteiger partial charge in [-0.05, 0) is 32.4 Å². The van der Waals surface area contributed by atoms with Crippen molar-refractivity contribution in [2.75, 3.05) is 6.54 Å². The molecule has 1 aromatic heterocycles. The number of nitrogens with zero attached hydrogens (tertiary/aromatic N) is 1. The molecule has 0 bridgehead atoms. The van der Waals surface area contributed by atoms with Crippen LogP contribution in [-0.2, 0) is 9.59 Å². The molecule has 0 saturated heterocycles. The smallest absolute Gasteiger partial charge is 0.331 e. The summed E-state index contributed by atoms with van der Waals surface area (Å²) in [7, 11) is 0. The molecule has 0 aliphatic carbocycles. The summed E-state index contributed by atoms with van der Waals surface area (Å²) in [5.74, 6) is -0.991. The van der Waals surface area contributed by atoms with E-state index in [1.54, 1.807) is 18.3 Å². The summed E-state index contributed by atoms with van der Waals surface area (Å²) in [6.07, 6.45) is 0.589. The van der Waals surface area contributed by atoms with E-state index in [4.69, 9.17) is 0 Å². The summed E-state index contributed by atoms with van der Waals surface area (Å²) in [6, 6.07) is 0.970. The van der Waals surface area contributed by atoms with E-state index in [1.165, 1.54) is 4.90 Å². The third kappa shape index (κ3) is 2.41. The first-order valence-corrected chi connectivity index (χ1v) is 5.83. The van der Waals surface area contributed by atoms with E-state index < -0.39 is 12.0 Å². The van der Waals surface area contributed by atoms with Gasteiger partial charge in [-0.2, -0.15) is 0 Å². The average molecular weight is 241 g/mol. The van der Waals surface area contributed by atoms with Gasteiger partial charge < -0.3 is 10.0 Å². The Labute approximate surface area is 98.5 Å². The van der Waals surface area contributed by atoms with Gasteiger partial charge in [0, 0.05) is 16.3 Å². The van der Waals surface area contributed by atoms with Crippen LogP contribution in [0.25, 0.3) is 0 Å². The first kappa shape index (κ1) is 12.7. The largest absolute Gasteiger partial charge is 0.479 e. The number of hydrogen-bond acceptors (Lipinski definition) is 3. The molecule has 0 saturated carbocycles. The molecule has 1 atom stereocenters. The third-order valence-electron chi connectivity index (χ3n) is 2.44. The maximum atomic E-state index is 11.2. The molecule has 0 fully saturated rings. The fourth-order valence-electron chi connectivity index (χ4n) is 1.69. The number of carboxylic acids is 1. The number of carboxylic acid groups (broad SMARTS) is 1. The van der Waals surface area contributed by atoms with E-state index in [0.29, 0.717) is 18.5 Å². The lowest BCUT2D eigenvalue weighted by Gasteiger charge is -2.23. The van der Waals surface area contributed by atoms with Crippen molar-refractivity contribution >= 4 is 23.7 Å². The Bertz CT molecular complexity index is 400. The normalized spacial score (nSPS) is 12.2. The van der Waals surface area contributed by atoms with Crippen LogP contribution in [0, 0.1) is 13.8 Å². The second kappa shape index (κ2) is 5.12. The van der Waals surface area contributed by atoms with E-state index in [9.17, 15) is 14.7 Å².